The summed E-state index contributed by atoms with van der Waals surface area (Å²) in [6.07, 6.45) is 3.20. The third-order valence-electron chi connectivity index (χ3n) is 5.71. The maximum absolute atomic E-state index is 13.2. The van der Waals surface area contributed by atoms with E-state index in [0.29, 0.717) is 12.1 Å². The molecular formula is C23H19F3N8. The van der Waals surface area contributed by atoms with Gasteiger partial charge >= 0.3 is 6.18 Å². The van der Waals surface area contributed by atoms with Crippen molar-refractivity contribution < 1.29 is 13.2 Å². The molecule has 11 heteroatoms. The Balaban J connectivity index is 1.40. The first kappa shape index (κ1) is 21.6. The van der Waals surface area contributed by atoms with Crippen molar-refractivity contribution in [2.75, 3.05) is 23.3 Å². The number of nitrogens with zero attached hydrogens (tertiary/aromatic N) is 6. The number of aromatic amines is 1. The van der Waals surface area contributed by atoms with Gasteiger partial charge in [0.05, 0.1) is 23.0 Å². The van der Waals surface area contributed by atoms with Gasteiger partial charge in [-0.1, -0.05) is 6.07 Å². The van der Waals surface area contributed by atoms with Crippen molar-refractivity contribution in [1.82, 2.24) is 24.9 Å². The number of anilines is 2. The number of fused-ring (bicyclic) bond motifs is 1. The molecule has 4 aromatic rings. The fourth-order valence-electron chi connectivity index (χ4n) is 3.94. The van der Waals surface area contributed by atoms with Crippen LogP contribution >= 0.6 is 0 Å². The summed E-state index contributed by atoms with van der Waals surface area (Å²) in [6.45, 7) is 2.42. The van der Waals surface area contributed by atoms with Crippen LogP contribution in [-0.4, -0.2) is 38.0 Å². The highest BCUT2D eigenvalue weighted by atomic mass is 19.4. The Morgan fingerprint density at radius 2 is 1.91 bits per heavy atom. The van der Waals surface area contributed by atoms with Gasteiger partial charge < -0.3 is 15.2 Å². The van der Waals surface area contributed by atoms with Gasteiger partial charge in [-0.2, -0.15) is 18.4 Å². The molecule has 5 heterocycles. The molecule has 34 heavy (non-hydrogen) atoms. The molecule has 1 aliphatic heterocycles. The van der Waals surface area contributed by atoms with Crippen LogP contribution in [0.1, 0.15) is 29.5 Å². The maximum Gasteiger partial charge on any atom is 0.417 e. The number of nitriles is 1. The van der Waals surface area contributed by atoms with E-state index in [4.69, 9.17) is 0 Å². The molecule has 0 spiro atoms. The zero-order valence-corrected chi connectivity index (χ0v) is 17.9. The Morgan fingerprint density at radius 1 is 1.09 bits per heavy atom. The highest BCUT2D eigenvalue weighted by molar-refractivity contribution is 5.94. The van der Waals surface area contributed by atoms with Crippen molar-refractivity contribution >= 4 is 22.8 Å². The van der Waals surface area contributed by atoms with Crippen LogP contribution in [-0.2, 0) is 12.7 Å². The van der Waals surface area contributed by atoms with Crippen LogP contribution in [0.4, 0.5) is 24.9 Å². The normalized spacial score (nSPS) is 13.9. The van der Waals surface area contributed by atoms with E-state index < -0.39 is 11.7 Å². The van der Waals surface area contributed by atoms with Crippen LogP contribution in [0.5, 0.6) is 0 Å². The summed E-state index contributed by atoms with van der Waals surface area (Å²) in [6, 6.07) is 6.95. The molecular weight excluding hydrogens is 445 g/mol. The molecule has 4 aromatic heterocycles. The van der Waals surface area contributed by atoms with Crippen molar-refractivity contribution in [3.05, 3.63) is 59.7 Å². The Hall–Kier alpha value is -4.20. The standard InChI is InChI=1S/C23H19F3N8/c24-23(25,26)16-7-17-18(13-30-21(17)29-12-16)20-15(8-27)11-32-22(33-20)31-10-14-3-4-19(28-9-14)34-5-1-2-6-34/h3-4,7,9,11-13H,1-2,5-6,10H2,(H,29,30)(H,31,32,33). The number of alkyl halides is 3. The lowest BCUT2D eigenvalue weighted by Crippen LogP contribution is -2.18. The zero-order valence-electron chi connectivity index (χ0n) is 17.9. The van der Waals surface area contributed by atoms with Crippen molar-refractivity contribution in [2.24, 2.45) is 0 Å². The number of hydrogen-bond donors (Lipinski definition) is 2. The van der Waals surface area contributed by atoms with Crippen LogP contribution in [0.25, 0.3) is 22.3 Å². The number of nitrogens with one attached hydrogen (secondary N) is 2. The maximum atomic E-state index is 13.2. The van der Waals surface area contributed by atoms with E-state index in [-0.39, 0.29) is 28.2 Å². The van der Waals surface area contributed by atoms with E-state index >= 15 is 0 Å². The van der Waals surface area contributed by atoms with E-state index in [1.807, 2.05) is 18.2 Å². The monoisotopic (exact) mass is 464 g/mol. The van der Waals surface area contributed by atoms with Crippen LogP contribution < -0.4 is 10.2 Å². The topological polar surface area (TPSA) is 106 Å². The molecule has 0 amide bonds. The summed E-state index contributed by atoms with van der Waals surface area (Å²) in [5.41, 5.74) is 1.01. The van der Waals surface area contributed by atoms with Crippen LogP contribution in [0, 0.1) is 11.3 Å². The van der Waals surface area contributed by atoms with Crippen LogP contribution in [0.15, 0.2) is 43.0 Å². The molecule has 5 rings (SSSR count). The van der Waals surface area contributed by atoms with E-state index in [1.54, 1.807) is 6.20 Å². The molecule has 1 aliphatic rings. The first-order valence-corrected chi connectivity index (χ1v) is 10.7. The molecule has 8 nitrogen and oxygen atoms in total. The Kier molecular flexibility index (Phi) is 5.49. The van der Waals surface area contributed by atoms with Gasteiger partial charge in [-0.15, -0.1) is 0 Å². The number of hydrogen-bond acceptors (Lipinski definition) is 7. The predicted molar refractivity (Wildman–Crippen MR) is 120 cm³/mol. The minimum atomic E-state index is -4.54. The summed E-state index contributed by atoms with van der Waals surface area (Å²) in [5, 5.41) is 12.8. The van der Waals surface area contributed by atoms with Gasteiger partial charge in [-0.25, -0.2) is 19.9 Å². The molecule has 0 saturated carbocycles. The van der Waals surface area contributed by atoms with Gasteiger partial charge in [0, 0.05) is 49.2 Å². The summed E-state index contributed by atoms with van der Waals surface area (Å²) in [5.74, 6) is 1.19. The van der Waals surface area contributed by atoms with Crippen molar-refractivity contribution in [3.8, 4) is 17.3 Å². The molecule has 0 atom stereocenters. The zero-order chi connectivity index (χ0) is 23.7. The van der Waals surface area contributed by atoms with Crippen LogP contribution in [0.3, 0.4) is 0 Å². The fraction of sp³-hybridized carbons (Fsp3) is 0.261. The third kappa shape index (κ3) is 4.22. The van der Waals surface area contributed by atoms with Crippen molar-refractivity contribution in [1.29, 1.82) is 5.26 Å². The van der Waals surface area contributed by atoms with E-state index in [1.165, 1.54) is 25.2 Å². The second-order valence-electron chi connectivity index (χ2n) is 7.96. The van der Waals surface area contributed by atoms with Gasteiger partial charge in [-0.05, 0) is 30.5 Å². The van der Waals surface area contributed by atoms with Gasteiger partial charge in [0.25, 0.3) is 0 Å². The second-order valence-corrected chi connectivity index (χ2v) is 7.96. The van der Waals surface area contributed by atoms with Crippen LogP contribution in [0.2, 0.25) is 0 Å². The Labute approximate surface area is 192 Å². The molecule has 172 valence electrons. The predicted octanol–water partition coefficient (Wildman–Crippen LogP) is 4.52. The molecule has 0 aliphatic carbocycles. The molecule has 1 fully saturated rings. The third-order valence-corrected chi connectivity index (χ3v) is 5.71. The minimum Gasteiger partial charge on any atom is -0.357 e. The van der Waals surface area contributed by atoms with E-state index in [9.17, 15) is 18.4 Å². The second kappa shape index (κ2) is 8.62. The first-order chi connectivity index (χ1) is 16.4. The smallest absolute Gasteiger partial charge is 0.357 e. The number of aromatic nitrogens is 5. The summed E-state index contributed by atoms with van der Waals surface area (Å²) < 4.78 is 39.6. The van der Waals surface area contributed by atoms with Crippen molar-refractivity contribution in [2.45, 2.75) is 25.6 Å². The van der Waals surface area contributed by atoms with Crippen molar-refractivity contribution in [3.63, 3.8) is 0 Å². The van der Waals surface area contributed by atoms with Gasteiger partial charge in [0.1, 0.15) is 17.5 Å². The Bertz CT molecular complexity index is 1370. The van der Waals surface area contributed by atoms with Gasteiger partial charge in [0.15, 0.2) is 0 Å². The summed E-state index contributed by atoms with van der Waals surface area (Å²) >= 11 is 0. The summed E-state index contributed by atoms with van der Waals surface area (Å²) in [7, 11) is 0. The number of halogens is 3. The average molecular weight is 464 g/mol. The summed E-state index contributed by atoms with van der Waals surface area (Å²) in [4.78, 5) is 22.1. The van der Waals surface area contributed by atoms with Gasteiger partial charge in [0.2, 0.25) is 5.95 Å². The minimum absolute atomic E-state index is 0.139. The molecule has 0 radical (unpaired) electrons. The highest BCUT2D eigenvalue weighted by Crippen LogP contribution is 2.34. The lowest BCUT2D eigenvalue weighted by atomic mass is 10.1. The molecule has 0 unspecified atom stereocenters. The molecule has 1 saturated heterocycles. The lowest BCUT2D eigenvalue weighted by Gasteiger charge is -2.16. The first-order valence-electron chi connectivity index (χ1n) is 10.7. The van der Waals surface area contributed by atoms with Gasteiger partial charge in [-0.3, -0.25) is 0 Å². The number of rotatable bonds is 5. The number of pyridine rings is 2. The SMILES string of the molecule is N#Cc1cnc(NCc2ccc(N3CCCC3)nc2)nc1-c1c[nH]c2ncc(C(F)(F)F)cc12. The molecule has 0 bridgehead atoms. The quantitative estimate of drug-likeness (QED) is 0.447. The molecule has 2 N–H and O–H groups in total. The number of H-pyrrole nitrogens is 1. The molecule has 0 aromatic carbocycles. The van der Waals surface area contributed by atoms with E-state index in [2.05, 4.69) is 35.1 Å². The highest BCUT2D eigenvalue weighted by Gasteiger charge is 2.31. The fourth-order valence-corrected chi connectivity index (χ4v) is 3.94. The van der Waals surface area contributed by atoms with E-state index in [0.717, 1.165) is 36.7 Å². The largest absolute Gasteiger partial charge is 0.417 e. The Morgan fingerprint density at radius 3 is 2.62 bits per heavy atom. The average Bonchev–Trinajstić information content (AvgIpc) is 3.52. The lowest BCUT2D eigenvalue weighted by molar-refractivity contribution is -0.137.